The predicted molar refractivity (Wildman–Crippen MR) is 179 cm³/mol. The van der Waals surface area contributed by atoms with E-state index < -0.39 is 0 Å². The summed E-state index contributed by atoms with van der Waals surface area (Å²) in [6.45, 7) is 18.7. The summed E-state index contributed by atoms with van der Waals surface area (Å²) in [5, 5.41) is 1.86. The van der Waals surface area contributed by atoms with Gasteiger partial charge >= 0.3 is 5.97 Å². The Morgan fingerprint density at radius 3 is 2.14 bits per heavy atom. The number of rotatable bonds is 8. The van der Waals surface area contributed by atoms with E-state index in [0.29, 0.717) is 25.6 Å². The molecule has 1 aliphatic rings. The van der Waals surface area contributed by atoms with Crippen LogP contribution >= 0.6 is 38.6 Å². The first-order chi connectivity index (χ1) is 20.1. The lowest BCUT2D eigenvalue weighted by molar-refractivity contribution is -0.142. The van der Waals surface area contributed by atoms with Crippen molar-refractivity contribution < 1.29 is 19.1 Å². The second-order valence-corrected chi connectivity index (χ2v) is 16.7. The average Bonchev–Trinajstić information content (AvgIpc) is 3.48. The van der Waals surface area contributed by atoms with Crippen molar-refractivity contribution in [3.63, 3.8) is 0 Å². The number of esters is 1. The van der Waals surface area contributed by atoms with Crippen LogP contribution < -0.4 is 4.74 Å². The highest BCUT2D eigenvalue weighted by molar-refractivity contribution is 9.11. The fourth-order valence-electron chi connectivity index (χ4n) is 5.46. The van der Waals surface area contributed by atoms with Crippen molar-refractivity contribution >= 4 is 50.5 Å². The fraction of sp³-hybridized carbons (Fsp3) is 0.576. The van der Waals surface area contributed by atoms with Crippen molar-refractivity contribution in [1.29, 1.82) is 0 Å². The number of nitrogens with zero attached hydrogens (tertiary/aromatic N) is 3. The molecule has 0 spiro atoms. The molecule has 234 valence electrons. The third-order valence-electron chi connectivity index (χ3n) is 7.83. The fourth-order valence-corrected chi connectivity index (χ4v) is 8.30. The van der Waals surface area contributed by atoms with Crippen LogP contribution in [0.25, 0.3) is 11.3 Å². The SMILES string of the molecule is CCOC(=O)Cc1sc(CC(=O)N2CCC(c3nc(-c4cc(C(C)(C)C)c(OC)c(C(C)(C)C)c4)c(Br)s3)CC2)nc1C. The van der Waals surface area contributed by atoms with Gasteiger partial charge in [-0.05, 0) is 65.6 Å². The molecule has 0 N–H and O–H groups in total. The van der Waals surface area contributed by atoms with Crippen molar-refractivity contribution in [2.75, 3.05) is 26.8 Å². The molecule has 0 unspecified atom stereocenters. The van der Waals surface area contributed by atoms with Crippen LogP contribution in [0.3, 0.4) is 0 Å². The summed E-state index contributed by atoms with van der Waals surface area (Å²) in [7, 11) is 1.76. The van der Waals surface area contributed by atoms with Crippen LogP contribution in [0.5, 0.6) is 5.75 Å². The summed E-state index contributed by atoms with van der Waals surface area (Å²) in [4.78, 5) is 37.6. The van der Waals surface area contributed by atoms with Crippen LogP contribution in [-0.4, -0.2) is 53.6 Å². The maximum absolute atomic E-state index is 13.1. The minimum atomic E-state index is -0.262. The molecule has 43 heavy (non-hydrogen) atoms. The van der Waals surface area contributed by atoms with Gasteiger partial charge in [0.2, 0.25) is 5.91 Å². The number of ether oxygens (including phenoxy) is 2. The molecule has 1 aromatic carbocycles. The number of carbonyl (C=O) groups excluding carboxylic acids is 2. The zero-order valence-electron chi connectivity index (χ0n) is 26.9. The lowest BCUT2D eigenvalue weighted by Crippen LogP contribution is -2.38. The van der Waals surface area contributed by atoms with E-state index in [-0.39, 0.29) is 35.5 Å². The number of carbonyl (C=O) groups is 2. The van der Waals surface area contributed by atoms with Gasteiger partial charge in [0.1, 0.15) is 10.8 Å². The summed E-state index contributed by atoms with van der Waals surface area (Å²) in [5.74, 6) is 1.08. The Morgan fingerprint density at radius 1 is 1.00 bits per heavy atom. The molecule has 0 radical (unpaired) electrons. The third-order valence-corrected chi connectivity index (χ3v) is 10.9. The zero-order chi connectivity index (χ0) is 31.7. The van der Waals surface area contributed by atoms with E-state index >= 15 is 0 Å². The van der Waals surface area contributed by atoms with Crippen molar-refractivity contribution in [2.45, 2.75) is 97.8 Å². The van der Waals surface area contributed by atoms with Gasteiger partial charge in [0.25, 0.3) is 0 Å². The number of methoxy groups -OCH3 is 1. The van der Waals surface area contributed by atoms with Gasteiger partial charge in [0.05, 0.1) is 46.7 Å². The second-order valence-electron chi connectivity index (χ2n) is 13.2. The number of amides is 1. The van der Waals surface area contributed by atoms with Gasteiger partial charge in [0.15, 0.2) is 0 Å². The lowest BCUT2D eigenvalue weighted by Gasteiger charge is -2.31. The van der Waals surface area contributed by atoms with Crippen LogP contribution in [0.15, 0.2) is 15.9 Å². The highest BCUT2D eigenvalue weighted by Crippen LogP contribution is 2.45. The van der Waals surface area contributed by atoms with Crippen molar-refractivity contribution in [2.24, 2.45) is 0 Å². The van der Waals surface area contributed by atoms with Gasteiger partial charge < -0.3 is 14.4 Å². The van der Waals surface area contributed by atoms with E-state index in [1.165, 1.54) is 22.5 Å². The molecule has 1 amide bonds. The Morgan fingerprint density at radius 2 is 1.60 bits per heavy atom. The van der Waals surface area contributed by atoms with Crippen LogP contribution in [-0.2, 0) is 38.0 Å². The molecule has 1 fully saturated rings. The number of piperidine rings is 1. The summed E-state index contributed by atoms with van der Waals surface area (Å²) in [6, 6.07) is 4.47. The molecule has 7 nitrogen and oxygen atoms in total. The number of aryl methyl sites for hydroxylation is 1. The maximum atomic E-state index is 13.1. The van der Waals surface area contributed by atoms with Crippen molar-refractivity contribution in [3.8, 4) is 17.0 Å². The topological polar surface area (TPSA) is 81.6 Å². The second kappa shape index (κ2) is 13.4. The number of hydrogen-bond donors (Lipinski definition) is 0. The van der Waals surface area contributed by atoms with Gasteiger partial charge in [0, 0.05) is 40.6 Å². The Bertz CT molecular complexity index is 1440. The van der Waals surface area contributed by atoms with Gasteiger partial charge in [-0.25, -0.2) is 9.97 Å². The van der Waals surface area contributed by atoms with Gasteiger partial charge in [-0.15, -0.1) is 22.7 Å². The summed E-state index contributed by atoms with van der Waals surface area (Å²) < 4.78 is 12.1. The monoisotopic (exact) mass is 689 g/mol. The number of hydrogen-bond acceptors (Lipinski definition) is 8. The van der Waals surface area contributed by atoms with E-state index in [1.807, 2.05) is 11.8 Å². The maximum Gasteiger partial charge on any atom is 0.311 e. The van der Waals surface area contributed by atoms with E-state index in [0.717, 1.165) is 54.2 Å². The third kappa shape index (κ3) is 7.87. The molecule has 0 aliphatic carbocycles. The minimum absolute atomic E-state index is 0.0820. The normalized spacial score (nSPS) is 14.7. The van der Waals surface area contributed by atoms with Crippen LogP contribution in [0.4, 0.5) is 0 Å². The van der Waals surface area contributed by atoms with Gasteiger partial charge in [-0.2, -0.15) is 0 Å². The smallest absolute Gasteiger partial charge is 0.311 e. The first kappa shape index (κ1) is 33.6. The summed E-state index contributed by atoms with van der Waals surface area (Å²) in [5.41, 5.74) is 5.03. The van der Waals surface area contributed by atoms with Gasteiger partial charge in [-0.1, -0.05) is 41.5 Å². The number of aromatic nitrogens is 2. The van der Waals surface area contributed by atoms with Crippen molar-refractivity contribution in [1.82, 2.24) is 14.9 Å². The molecule has 1 aliphatic heterocycles. The molecule has 0 saturated carbocycles. The highest BCUT2D eigenvalue weighted by Gasteiger charge is 2.31. The van der Waals surface area contributed by atoms with Crippen LogP contribution in [0, 0.1) is 6.92 Å². The standard InChI is InChI=1S/C33H44BrN3O4S2/c1-10-41-27(39)17-24-19(2)35-25(42-24)18-26(38)37-13-11-20(12-14-37)31-36-28(30(34)43-31)21-15-22(32(3,4)5)29(40-9)23(16-21)33(6,7)8/h15-16,20H,10-14,17-18H2,1-9H3. The Labute approximate surface area is 272 Å². The molecule has 0 atom stereocenters. The van der Waals surface area contributed by atoms with E-state index in [9.17, 15) is 9.59 Å². The first-order valence-electron chi connectivity index (χ1n) is 14.9. The lowest BCUT2D eigenvalue weighted by atomic mass is 9.78. The van der Waals surface area contributed by atoms with E-state index in [4.69, 9.17) is 14.5 Å². The number of likely N-dealkylation sites (tertiary alicyclic amines) is 1. The van der Waals surface area contributed by atoms with Crippen molar-refractivity contribution in [3.05, 3.63) is 47.6 Å². The Kier molecular flexibility index (Phi) is 10.4. The van der Waals surface area contributed by atoms with Crippen LogP contribution in [0.2, 0.25) is 0 Å². The number of thiazole rings is 2. The average molecular weight is 691 g/mol. The molecular weight excluding hydrogens is 646 g/mol. The summed E-state index contributed by atoms with van der Waals surface area (Å²) in [6.07, 6.45) is 2.21. The molecule has 10 heteroatoms. The Hall–Kier alpha value is -2.30. The molecule has 4 rings (SSSR count). The zero-order valence-corrected chi connectivity index (χ0v) is 30.1. The largest absolute Gasteiger partial charge is 0.496 e. The summed E-state index contributed by atoms with van der Waals surface area (Å²) >= 11 is 6.97. The molecular formula is C33H44BrN3O4S2. The van der Waals surface area contributed by atoms with Crippen LogP contribution in [0.1, 0.15) is 98.9 Å². The number of halogens is 1. The molecule has 0 bridgehead atoms. The number of benzene rings is 1. The minimum Gasteiger partial charge on any atom is -0.496 e. The molecule has 1 saturated heterocycles. The molecule has 2 aromatic heterocycles. The highest BCUT2D eigenvalue weighted by atomic mass is 79.9. The first-order valence-corrected chi connectivity index (χ1v) is 17.3. The predicted octanol–water partition coefficient (Wildman–Crippen LogP) is 8.00. The Balaban J connectivity index is 1.47. The molecule has 3 heterocycles. The van der Waals surface area contributed by atoms with E-state index in [1.54, 1.807) is 25.4 Å². The van der Waals surface area contributed by atoms with Gasteiger partial charge in [-0.3, -0.25) is 9.59 Å². The van der Waals surface area contributed by atoms with E-state index in [2.05, 4.69) is 74.6 Å². The quantitative estimate of drug-likeness (QED) is 0.223. The molecule has 3 aromatic rings.